The van der Waals surface area contributed by atoms with Gasteiger partial charge in [0, 0.05) is 44.7 Å². The number of Topliss-reactive ketones (excluding diaryl/α,β-unsaturated/α-hetero) is 2. The van der Waals surface area contributed by atoms with E-state index < -0.39 is 35.9 Å². The molecule has 6 rings (SSSR count). The molecule has 4 aromatic rings. The number of methoxy groups -OCH3 is 2. The third-order valence-electron chi connectivity index (χ3n) is 12.3. The van der Waals surface area contributed by atoms with Crippen LogP contribution in [0.2, 0.25) is 0 Å². The van der Waals surface area contributed by atoms with Crippen molar-refractivity contribution in [1.29, 1.82) is 0 Å². The predicted molar refractivity (Wildman–Crippen MR) is 237 cm³/mol. The minimum atomic E-state index is -0.720. The first kappa shape index (κ1) is 45.4. The average molecular weight is 842 g/mol. The molecule has 0 bridgehead atoms. The smallest absolute Gasteiger partial charge is 0.306 e. The second-order valence-corrected chi connectivity index (χ2v) is 16.9. The molecule has 11 nitrogen and oxygen atoms in total. The largest absolute Gasteiger partial charge is 0.469 e. The van der Waals surface area contributed by atoms with E-state index in [0.29, 0.717) is 39.0 Å². The van der Waals surface area contributed by atoms with Crippen LogP contribution < -0.4 is 4.90 Å². The molecule has 0 radical (unpaired) electrons. The van der Waals surface area contributed by atoms with Gasteiger partial charge in [-0.3, -0.25) is 28.8 Å². The number of esters is 2. The van der Waals surface area contributed by atoms with E-state index in [0.717, 1.165) is 46.3 Å². The van der Waals surface area contributed by atoms with Crippen molar-refractivity contribution in [1.82, 2.24) is 9.80 Å². The molecule has 62 heavy (non-hydrogen) atoms. The Labute approximate surface area is 365 Å². The van der Waals surface area contributed by atoms with Gasteiger partial charge >= 0.3 is 11.9 Å². The summed E-state index contributed by atoms with van der Waals surface area (Å²) in [6.45, 7) is 6.03. The lowest BCUT2D eigenvalue weighted by atomic mass is 9.90. The van der Waals surface area contributed by atoms with Gasteiger partial charge in [-0.25, -0.2) is 0 Å². The molecule has 2 aliphatic rings. The first-order valence-corrected chi connectivity index (χ1v) is 21.8. The van der Waals surface area contributed by atoms with Crippen molar-refractivity contribution >= 4 is 41.0 Å². The van der Waals surface area contributed by atoms with Crippen LogP contribution in [0, 0.1) is 11.8 Å². The summed E-state index contributed by atoms with van der Waals surface area (Å²) >= 11 is 0. The minimum Gasteiger partial charge on any atom is -0.469 e. The summed E-state index contributed by atoms with van der Waals surface area (Å²) in [7, 11) is 2.63. The lowest BCUT2D eigenvalue weighted by Crippen LogP contribution is -2.45. The van der Waals surface area contributed by atoms with Gasteiger partial charge in [0.05, 0.1) is 51.0 Å². The summed E-state index contributed by atoms with van der Waals surface area (Å²) in [5, 5.41) is 0. The van der Waals surface area contributed by atoms with Crippen molar-refractivity contribution in [3.8, 4) is 0 Å². The molecular weight excluding hydrogens is 783 g/mol. The number of ketones is 2. The van der Waals surface area contributed by atoms with E-state index in [-0.39, 0.29) is 55.0 Å². The van der Waals surface area contributed by atoms with Gasteiger partial charge in [-0.15, -0.1) is 0 Å². The number of rotatable bonds is 19. The number of hydrogen-bond acceptors (Lipinski definition) is 9. The first-order valence-electron chi connectivity index (χ1n) is 21.8. The second-order valence-electron chi connectivity index (χ2n) is 16.9. The van der Waals surface area contributed by atoms with Gasteiger partial charge in [-0.05, 0) is 71.6 Å². The number of carbonyl (C=O) groups excluding carboxylic acids is 6. The van der Waals surface area contributed by atoms with Crippen LogP contribution in [-0.4, -0.2) is 84.5 Å². The van der Waals surface area contributed by atoms with E-state index in [1.807, 2.05) is 111 Å². The fraction of sp³-hybridized carbons (Fsp3) is 0.412. The van der Waals surface area contributed by atoms with Crippen molar-refractivity contribution < 1.29 is 38.2 Å². The molecule has 0 aliphatic carbocycles. The summed E-state index contributed by atoms with van der Waals surface area (Å²) in [6.07, 6.45) is 3.00. The number of benzene rings is 4. The maximum atomic E-state index is 13.9. The number of anilines is 1. The Morgan fingerprint density at radius 1 is 0.581 bits per heavy atom. The third kappa shape index (κ3) is 11.6. The zero-order valence-corrected chi connectivity index (χ0v) is 36.4. The second kappa shape index (κ2) is 21.6. The SMILES string of the molecule is COC(=O)C[C@H](C(=O)N1CCC[C@H]1C(=O)Cc1ccc(CN(Cc2ccc(CC(=O)[C@@H]3CCCN3C(=O)[C@H](CC(=O)OC)c3ccccc3)cc2)c2ccccc2)cc1)C(C)C. The Bertz CT molecular complexity index is 2160. The molecule has 4 aromatic carbocycles. The number of likely N-dealkylation sites (tertiary alicyclic amines) is 2. The van der Waals surface area contributed by atoms with E-state index >= 15 is 0 Å². The summed E-state index contributed by atoms with van der Waals surface area (Å²) in [5.41, 5.74) is 5.67. The van der Waals surface area contributed by atoms with Crippen LogP contribution >= 0.6 is 0 Å². The number of hydrogen-bond donors (Lipinski definition) is 0. The minimum absolute atomic E-state index is 0.000825. The highest BCUT2D eigenvalue weighted by molar-refractivity contribution is 5.95. The van der Waals surface area contributed by atoms with Crippen molar-refractivity contribution in [2.24, 2.45) is 11.8 Å². The van der Waals surface area contributed by atoms with Crippen LogP contribution in [0.25, 0.3) is 0 Å². The fourth-order valence-electron chi connectivity index (χ4n) is 8.78. The number of ether oxygens (including phenoxy) is 2. The number of amides is 2. The molecule has 0 spiro atoms. The summed E-state index contributed by atoms with van der Waals surface area (Å²) < 4.78 is 9.75. The van der Waals surface area contributed by atoms with Crippen LogP contribution in [0.1, 0.15) is 86.1 Å². The highest BCUT2D eigenvalue weighted by Gasteiger charge is 2.40. The van der Waals surface area contributed by atoms with Gasteiger partial charge in [0.2, 0.25) is 11.8 Å². The molecule has 0 unspecified atom stereocenters. The molecule has 326 valence electrons. The topological polar surface area (TPSA) is 131 Å². The molecular formula is C51H59N3O8. The molecule has 4 atom stereocenters. The van der Waals surface area contributed by atoms with Gasteiger partial charge in [0.25, 0.3) is 0 Å². The Hall–Kier alpha value is -6.10. The van der Waals surface area contributed by atoms with Crippen LogP contribution in [0.4, 0.5) is 5.69 Å². The van der Waals surface area contributed by atoms with Crippen LogP contribution in [0.5, 0.6) is 0 Å². The Kier molecular flexibility index (Phi) is 15.8. The maximum Gasteiger partial charge on any atom is 0.306 e. The van der Waals surface area contributed by atoms with E-state index in [9.17, 15) is 28.8 Å². The molecule has 0 saturated carbocycles. The van der Waals surface area contributed by atoms with Gasteiger partial charge in [0.15, 0.2) is 11.6 Å². The zero-order valence-electron chi connectivity index (χ0n) is 36.4. The predicted octanol–water partition coefficient (Wildman–Crippen LogP) is 7.28. The molecule has 2 fully saturated rings. The lowest BCUT2D eigenvalue weighted by Gasteiger charge is -2.29. The molecule has 0 N–H and O–H groups in total. The van der Waals surface area contributed by atoms with Crippen LogP contribution in [0.3, 0.4) is 0 Å². The highest BCUT2D eigenvalue weighted by atomic mass is 16.5. The molecule has 2 aliphatic heterocycles. The number of para-hydroxylation sites is 1. The van der Waals surface area contributed by atoms with E-state index in [4.69, 9.17) is 9.47 Å². The van der Waals surface area contributed by atoms with Crippen LogP contribution in [0.15, 0.2) is 109 Å². The quantitative estimate of drug-likeness (QED) is 0.0895. The molecule has 2 saturated heterocycles. The van der Waals surface area contributed by atoms with Gasteiger partial charge in [0.1, 0.15) is 0 Å². The zero-order chi connectivity index (χ0) is 44.2. The van der Waals surface area contributed by atoms with Crippen molar-refractivity contribution in [2.75, 3.05) is 32.2 Å². The van der Waals surface area contributed by atoms with Gasteiger partial charge in [-0.1, -0.05) is 111 Å². The molecule has 2 heterocycles. The Morgan fingerprint density at radius 2 is 1.02 bits per heavy atom. The summed E-state index contributed by atoms with van der Waals surface area (Å²) in [5.74, 6) is -2.61. The summed E-state index contributed by atoms with van der Waals surface area (Å²) in [4.78, 5) is 84.8. The number of carbonyl (C=O) groups is 6. The van der Waals surface area contributed by atoms with E-state index in [2.05, 4.69) is 17.0 Å². The Balaban J connectivity index is 1.07. The van der Waals surface area contributed by atoms with Gasteiger partial charge < -0.3 is 24.2 Å². The average Bonchev–Trinajstić information content (AvgIpc) is 4.00. The monoisotopic (exact) mass is 841 g/mol. The number of nitrogens with zero attached hydrogens (tertiary/aromatic N) is 3. The lowest BCUT2D eigenvalue weighted by molar-refractivity contribution is -0.149. The van der Waals surface area contributed by atoms with Gasteiger partial charge in [-0.2, -0.15) is 0 Å². The van der Waals surface area contributed by atoms with E-state index in [1.54, 1.807) is 9.80 Å². The molecule has 0 aromatic heterocycles. The molecule has 11 heteroatoms. The first-order chi connectivity index (χ1) is 29.9. The van der Waals surface area contributed by atoms with E-state index in [1.165, 1.54) is 14.2 Å². The standard InChI is InChI=1S/C51H59N3O8/c1-35(2)42(31-48(57)61-3)50(59)53-27-11-17-44(53)46(55)29-36-19-23-38(24-20-36)33-52(41-15-9-6-10-16-41)34-39-25-21-37(22-26-39)30-47(56)45-18-12-28-54(45)51(60)43(32-49(58)62-4)40-13-7-5-8-14-40/h5-10,13-16,19-26,35,42-45H,11-12,17-18,27-34H2,1-4H3/t42-,43+,44-,45-/m0/s1. The normalized spacial score (nSPS) is 17.0. The van der Waals surface area contributed by atoms with Crippen molar-refractivity contribution in [2.45, 2.75) is 96.3 Å². The highest BCUT2D eigenvalue weighted by Crippen LogP contribution is 2.30. The van der Waals surface area contributed by atoms with Crippen LogP contribution in [-0.2, 0) is 64.2 Å². The van der Waals surface area contributed by atoms with Crippen molar-refractivity contribution in [3.05, 3.63) is 137 Å². The third-order valence-corrected chi connectivity index (χ3v) is 12.3. The summed E-state index contributed by atoms with van der Waals surface area (Å²) in [6, 6.07) is 34.4. The maximum absolute atomic E-state index is 13.9. The Morgan fingerprint density at radius 3 is 1.48 bits per heavy atom. The van der Waals surface area contributed by atoms with Crippen molar-refractivity contribution in [3.63, 3.8) is 0 Å². The molecule has 2 amide bonds. The fourth-order valence-corrected chi connectivity index (χ4v) is 8.78.